The van der Waals surface area contributed by atoms with E-state index in [-0.39, 0.29) is 11.8 Å². The molecule has 2 amide bonds. The van der Waals surface area contributed by atoms with Gasteiger partial charge in [-0.15, -0.1) is 0 Å². The molecule has 0 radical (unpaired) electrons. The van der Waals surface area contributed by atoms with Crippen LogP contribution >= 0.6 is 0 Å². The van der Waals surface area contributed by atoms with Gasteiger partial charge in [-0.2, -0.15) is 0 Å². The van der Waals surface area contributed by atoms with E-state index in [1.54, 1.807) is 24.4 Å². The van der Waals surface area contributed by atoms with E-state index in [0.29, 0.717) is 23.7 Å². The van der Waals surface area contributed by atoms with Crippen LogP contribution in [-0.2, 0) is 11.3 Å². The van der Waals surface area contributed by atoms with Crippen LogP contribution in [0, 0.1) is 5.92 Å². The molecule has 130 valence electrons. The van der Waals surface area contributed by atoms with Crippen molar-refractivity contribution in [3.8, 4) is 0 Å². The van der Waals surface area contributed by atoms with Crippen molar-refractivity contribution in [2.24, 2.45) is 5.92 Å². The van der Waals surface area contributed by atoms with Gasteiger partial charge in [0.25, 0.3) is 5.91 Å². The fourth-order valence-corrected chi connectivity index (χ4v) is 2.11. The minimum absolute atomic E-state index is 0.169. The Morgan fingerprint density at radius 2 is 1.92 bits per heavy atom. The lowest BCUT2D eigenvalue weighted by Gasteiger charge is -2.12. The molecule has 0 saturated carbocycles. The fraction of sp³-hybridized carbons (Fsp3) is 0.250. The maximum absolute atomic E-state index is 12.2. The molecule has 0 fully saturated rings. The predicted molar refractivity (Wildman–Crippen MR) is 99.1 cm³/mol. The first-order valence-electron chi connectivity index (χ1n) is 8.22. The highest BCUT2D eigenvalue weighted by Crippen LogP contribution is 2.16. The number of aromatic nitrogens is 1. The molecule has 0 unspecified atom stereocenters. The Morgan fingerprint density at radius 1 is 1.16 bits per heavy atom. The number of hydrogen-bond donors (Lipinski definition) is 2. The summed E-state index contributed by atoms with van der Waals surface area (Å²) in [5.41, 5.74) is 3.04. The smallest absolute Gasteiger partial charge is 0.253 e. The maximum atomic E-state index is 12.2. The van der Waals surface area contributed by atoms with Crippen LogP contribution in [0.4, 0.5) is 5.69 Å². The van der Waals surface area contributed by atoms with Crippen LogP contribution in [0.25, 0.3) is 0 Å². The molecule has 1 aromatic carbocycles. The summed E-state index contributed by atoms with van der Waals surface area (Å²) in [5, 5.41) is 5.72. The van der Waals surface area contributed by atoms with Crippen molar-refractivity contribution in [3.05, 3.63) is 71.6 Å². The highest BCUT2D eigenvalue weighted by atomic mass is 16.2. The van der Waals surface area contributed by atoms with Gasteiger partial charge in [-0.25, -0.2) is 0 Å². The van der Waals surface area contributed by atoms with E-state index in [4.69, 9.17) is 0 Å². The van der Waals surface area contributed by atoms with Gasteiger partial charge in [0.05, 0.1) is 5.56 Å². The van der Waals surface area contributed by atoms with Crippen molar-refractivity contribution < 1.29 is 9.59 Å². The third-order valence-electron chi connectivity index (χ3n) is 3.91. The highest BCUT2D eigenvalue weighted by Gasteiger charge is 2.09. The van der Waals surface area contributed by atoms with Gasteiger partial charge < -0.3 is 10.6 Å². The molecule has 0 aliphatic carbocycles. The van der Waals surface area contributed by atoms with E-state index in [0.717, 1.165) is 11.1 Å². The summed E-state index contributed by atoms with van der Waals surface area (Å²) in [4.78, 5) is 28.2. The third-order valence-corrected chi connectivity index (χ3v) is 3.91. The normalized spacial score (nSPS) is 11.3. The molecule has 2 N–H and O–H groups in total. The monoisotopic (exact) mass is 337 g/mol. The Bertz CT molecular complexity index is 768. The molecule has 5 heteroatoms. The van der Waals surface area contributed by atoms with Gasteiger partial charge >= 0.3 is 0 Å². The first kappa shape index (κ1) is 18.4. The van der Waals surface area contributed by atoms with Gasteiger partial charge in [-0.05, 0) is 36.6 Å². The molecule has 0 aliphatic rings. The Balaban J connectivity index is 2.04. The molecule has 1 heterocycles. The minimum atomic E-state index is -0.204. The van der Waals surface area contributed by atoms with Crippen LogP contribution < -0.4 is 10.6 Å². The van der Waals surface area contributed by atoms with Crippen LogP contribution in [0.5, 0.6) is 0 Å². The zero-order chi connectivity index (χ0) is 18.2. The summed E-state index contributed by atoms with van der Waals surface area (Å²) in [5.74, 6) is -0.0539. The number of pyridine rings is 1. The zero-order valence-corrected chi connectivity index (χ0v) is 14.7. The molecule has 1 aromatic heterocycles. The number of rotatable bonds is 6. The summed E-state index contributed by atoms with van der Waals surface area (Å²) in [6.45, 7) is 6.34. The van der Waals surface area contributed by atoms with Crippen molar-refractivity contribution >= 4 is 17.5 Å². The number of anilines is 1. The average Bonchev–Trinajstić information content (AvgIpc) is 2.61. The number of amides is 2. The predicted octanol–water partition coefficient (Wildman–Crippen LogP) is 3.55. The highest BCUT2D eigenvalue weighted by molar-refractivity contribution is 6.00. The molecule has 0 saturated heterocycles. The Kier molecular flexibility index (Phi) is 6.46. The number of hydrogen-bond acceptors (Lipinski definition) is 3. The van der Waals surface area contributed by atoms with Crippen molar-refractivity contribution in [1.29, 1.82) is 0 Å². The van der Waals surface area contributed by atoms with Crippen molar-refractivity contribution in [2.75, 3.05) is 5.32 Å². The zero-order valence-electron chi connectivity index (χ0n) is 14.7. The third kappa shape index (κ3) is 5.57. The minimum Gasteiger partial charge on any atom is -0.348 e. The molecule has 0 aliphatic heterocycles. The summed E-state index contributed by atoms with van der Waals surface area (Å²) >= 11 is 0. The number of carbonyl (C=O) groups is 2. The van der Waals surface area contributed by atoms with Crippen molar-refractivity contribution in [1.82, 2.24) is 10.3 Å². The van der Waals surface area contributed by atoms with Crippen LogP contribution in [0.1, 0.15) is 36.7 Å². The maximum Gasteiger partial charge on any atom is 0.253 e. The van der Waals surface area contributed by atoms with Gasteiger partial charge in [-0.3, -0.25) is 14.6 Å². The Labute approximate surface area is 148 Å². The van der Waals surface area contributed by atoms with Crippen LogP contribution in [0.2, 0.25) is 0 Å². The summed E-state index contributed by atoms with van der Waals surface area (Å²) in [6, 6.07) is 10.8. The number of para-hydroxylation sites is 1. The SMILES string of the molecule is C/C(=C\C(=O)Nc1ccccc1CNC(=O)c1cccnc1)C(C)C. The van der Waals surface area contributed by atoms with Crippen molar-refractivity contribution in [3.63, 3.8) is 0 Å². The lowest BCUT2D eigenvalue weighted by molar-refractivity contribution is -0.112. The fourth-order valence-electron chi connectivity index (χ4n) is 2.11. The first-order chi connectivity index (χ1) is 12.0. The van der Waals surface area contributed by atoms with Gasteiger partial charge in [0, 0.05) is 30.7 Å². The Hall–Kier alpha value is -2.95. The van der Waals surface area contributed by atoms with E-state index in [1.807, 2.05) is 45.0 Å². The lowest BCUT2D eigenvalue weighted by atomic mass is 10.1. The first-order valence-corrected chi connectivity index (χ1v) is 8.22. The standard InChI is InChI=1S/C20H23N3O2/c1-14(2)15(3)11-19(24)23-18-9-5-4-7-16(18)13-22-20(25)17-8-6-10-21-12-17/h4-12,14H,13H2,1-3H3,(H,22,25)(H,23,24)/b15-11+. The van der Waals surface area contributed by atoms with Crippen LogP contribution in [0.3, 0.4) is 0 Å². The van der Waals surface area contributed by atoms with Crippen LogP contribution in [-0.4, -0.2) is 16.8 Å². The molecular weight excluding hydrogens is 314 g/mol. The van der Waals surface area contributed by atoms with E-state index in [9.17, 15) is 9.59 Å². The molecule has 0 spiro atoms. The number of allylic oxidation sites excluding steroid dienone is 1. The van der Waals surface area contributed by atoms with Gasteiger partial charge in [0.15, 0.2) is 0 Å². The molecule has 0 atom stereocenters. The van der Waals surface area contributed by atoms with E-state index >= 15 is 0 Å². The van der Waals surface area contributed by atoms with E-state index in [1.165, 1.54) is 6.20 Å². The number of nitrogens with one attached hydrogen (secondary N) is 2. The molecule has 25 heavy (non-hydrogen) atoms. The average molecular weight is 337 g/mol. The summed E-state index contributed by atoms with van der Waals surface area (Å²) in [6.07, 6.45) is 4.74. The molecule has 2 aromatic rings. The topological polar surface area (TPSA) is 71.1 Å². The second-order valence-corrected chi connectivity index (χ2v) is 6.11. The van der Waals surface area contributed by atoms with Gasteiger partial charge in [0.1, 0.15) is 0 Å². The van der Waals surface area contributed by atoms with Crippen LogP contribution in [0.15, 0.2) is 60.4 Å². The Morgan fingerprint density at radius 3 is 2.60 bits per heavy atom. The quantitative estimate of drug-likeness (QED) is 0.792. The van der Waals surface area contributed by atoms with Crippen molar-refractivity contribution in [2.45, 2.75) is 27.3 Å². The second-order valence-electron chi connectivity index (χ2n) is 6.11. The molecular formula is C20H23N3O2. The molecule has 2 rings (SSSR count). The second kappa shape index (κ2) is 8.78. The van der Waals surface area contributed by atoms with Gasteiger partial charge in [0.2, 0.25) is 5.91 Å². The number of carbonyl (C=O) groups excluding carboxylic acids is 2. The molecule has 0 bridgehead atoms. The largest absolute Gasteiger partial charge is 0.348 e. The summed E-state index contributed by atoms with van der Waals surface area (Å²) in [7, 11) is 0. The van der Waals surface area contributed by atoms with E-state index in [2.05, 4.69) is 15.6 Å². The lowest BCUT2D eigenvalue weighted by Crippen LogP contribution is -2.23. The van der Waals surface area contributed by atoms with Gasteiger partial charge in [-0.1, -0.05) is 37.6 Å². The summed E-state index contributed by atoms with van der Waals surface area (Å²) < 4.78 is 0. The van der Waals surface area contributed by atoms with E-state index < -0.39 is 0 Å². The molecule has 5 nitrogen and oxygen atoms in total. The number of benzene rings is 1. The number of nitrogens with zero attached hydrogens (tertiary/aromatic N) is 1.